The van der Waals surface area contributed by atoms with Crippen molar-refractivity contribution in [1.29, 1.82) is 0 Å². The van der Waals surface area contributed by atoms with Crippen LogP contribution in [0.4, 0.5) is 0 Å². The van der Waals surface area contributed by atoms with Crippen molar-refractivity contribution >= 4 is 11.7 Å². The van der Waals surface area contributed by atoms with Crippen molar-refractivity contribution in [3.63, 3.8) is 0 Å². The first-order chi connectivity index (χ1) is 4.33. The van der Waals surface area contributed by atoms with Gasteiger partial charge in [0.2, 0.25) is 5.78 Å². The van der Waals surface area contributed by atoms with E-state index in [0.29, 0.717) is 0 Å². The number of Topliss-reactive ketones (excluding diaryl/α,β-unsaturated/α-hetero) is 1. The third kappa shape index (κ3) is 4.03. The molecule has 0 heterocycles. The number of hydrogen-bond donors (Lipinski definition) is 2. The van der Waals surface area contributed by atoms with Crippen molar-refractivity contribution in [1.82, 2.24) is 5.32 Å². The third-order valence-corrected chi connectivity index (χ3v) is 0.755. The van der Waals surface area contributed by atoms with E-state index in [-0.39, 0.29) is 0 Å². The van der Waals surface area contributed by atoms with Gasteiger partial charge in [0.1, 0.15) is 0 Å². The molecule has 58 valence electrons. The number of ketones is 1. The number of carbonyl (C=O) groups is 2. The van der Waals surface area contributed by atoms with Gasteiger partial charge in [-0.1, -0.05) is 0 Å². The summed E-state index contributed by atoms with van der Waals surface area (Å²) < 4.78 is 0. The minimum absolute atomic E-state index is 0.529. The van der Waals surface area contributed by atoms with Gasteiger partial charge in [0.25, 0.3) is 5.91 Å². The van der Waals surface area contributed by atoms with Gasteiger partial charge in [0.15, 0.2) is 0 Å². The molecular weight excluding hydrogens is 132 g/mol. The normalized spacial score (nSPS) is 10.8. The van der Waals surface area contributed by atoms with E-state index in [9.17, 15) is 9.59 Å². The molecule has 0 atom stereocenters. The zero-order valence-corrected chi connectivity index (χ0v) is 6.39. The summed E-state index contributed by atoms with van der Waals surface area (Å²) in [7, 11) is 0. The number of hydrogen-bond acceptors (Lipinski definition) is 3. The number of amides is 1. The summed E-state index contributed by atoms with van der Waals surface area (Å²) in [4.78, 5) is 21.0. The van der Waals surface area contributed by atoms with E-state index in [1.807, 2.05) is 0 Å². The van der Waals surface area contributed by atoms with Crippen molar-refractivity contribution in [3.05, 3.63) is 0 Å². The van der Waals surface area contributed by atoms with Crippen LogP contribution in [0.15, 0.2) is 0 Å². The van der Waals surface area contributed by atoms with E-state index >= 15 is 0 Å². The third-order valence-electron chi connectivity index (χ3n) is 0.755. The molecule has 0 aromatic carbocycles. The second-order valence-corrected chi connectivity index (χ2v) is 2.73. The highest BCUT2D eigenvalue weighted by atomic mass is 16.2. The Kier molecular flexibility index (Phi) is 2.54. The molecule has 0 aliphatic rings. The molecule has 3 N–H and O–H groups in total. The van der Waals surface area contributed by atoms with Gasteiger partial charge >= 0.3 is 0 Å². The quantitative estimate of drug-likeness (QED) is 0.401. The molecule has 0 aliphatic heterocycles. The summed E-state index contributed by atoms with van der Waals surface area (Å²) >= 11 is 0. The Hall–Kier alpha value is -0.900. The Morgan fingerprint density at radius 1 is 1.40 bits per heavy atom. The number of rotatable bonds is 2. The average molecular weight is 144 g/mol. The average Bonchev–Trinajstić information content (AvgIpc) is 1.60. The van der Waals surface area contributed by atoms with Crippen LogP contribution in [-0.2, 0) is 9.59 Å². The second kappa shape index (κ2) is 2.79. The van der Waals surface area contributed by atoms with Gasteiger partial charge in [-0.25, -0.2) is 0 Å². The highest BCUT2D eigenvalue weighted by molar-refractivity contribution is 6.35. The van der Waals surface area contributed by atoms with Crippen LogP contribution < -0.4 is 11.1 Å². The molecule has 0 spiro atoms. The standard InChI is InChI=1S/C6H12N2O2/c1-4(9)5(10)8-6(2,3)7/h7H2,1-3H3,(H,8,10). The summed E-state index contributed by atoms with van der Waals surface area (Å²) in [6.07, 6.45) is 0. The van der Waals surface area contributed by atoms with Crippen LogP contribution in [0.1, 0.15) is 20.8 Å². The minimum atomic E-state index is -0.817. The first-order valence-corrected chi connectivity index (χ1v) is 2.95. The Morgan fingerprint density at radius 2 is 1.80 bits per heavy atom. The topological polar surface area (TPSA) is 72.2 Å². The van der Waals surface area contributed by atoms with E-state index in [4.69, 9.17) is 5.73 Å². The Bertz CT molecular complexity index is 158. The lowest BCUT2D eigenvalue weighted by Crippen LogP contribution is -2.52. The van der Waals surface area contributed by atoms with Crippen LogP contribution in [0, 0.1) is 0 Å². The molecule has 0 fully saturated rings. The second-order valence-electron chi connectivity index (χ2n) is 2.73. The Labute approximate surface area is 59.8 Å². The maximum absolute atomic E-state index is 10.6. The molecule has 0 aromatic heterocycles. The summed E-state index contributed by atoms with van der Waals surface area (Å²) in [5.74, 6) is -1.17. The molecule has 4 nitrogen and oxygen atoms in total. The number of carbonyl (C=O) groups excluding carboxylic acids is 2. The predicted molar refractivity (Wildman–Crippen MR) is 37.1 cm³/mol. The highest BCUT2D eigenvalue weighted by Crippen LogP contribution is 1.88. The minimum Gasteiger partial charge on any atom is -0.332 e. The monoisotopic (exact) mass is 144 g/mol. The fourth-order valence-corrected chi connectivity index (χ4v) is 0.381. The largest absolute Gasteiger partial charge is 0.332 e. The molecule has 0 radical (unpaired) electrons. The van der Waals surface area contributed by atoms with Gasteiger partial charge in [-0.3, -0.25) is 9.59 Å². The van der Waals surface area contributed by atoms with E-state index in [0.717, 1.165) is 0 Å². The van der Waals surface area contributed by atoms with Crippen LogP contribution in [0.3, 0.4) is 0 Å². The van der Waals surface area contributed by atoms with E-state index in [1.54, 1.807) is 13.8 Å². The van der Waals surface area contributed by atoms with Gasteiger partial charge < -0.3 is 11.1 Å². The zero-order valence-electron chi connectivity index (χ0n) is 6.39. The van der Waals surface area contributed by atoms with Crippen molar-refractivity contribution in [3.8, 4) is 0 Å². The fourth-order valence-electron chi connectivity index (χ4n) is 0.381. The maximum Gasteiger partial charge on any atom is 0.288 e. The van der Waals surface area contributed by atoms with Gasteiger partial charge in [-0.05, 0) is 13.8 Å². The summed E-state index contributed by atoms with van der Waals surface area (Å²) in [5.41, 5.74) is 4.57. The molecule has 4 heteroatoms. The molecule has 0 unspecified atom stereocenters. The van der Waals surface area contributed by atoms with Gasteiger partial charge in [0.05, 0.1) is 5.66 Å². The highest BCUT2D eigenvalue weighted by Gasteiger charge is 2.16. The molecule has 0 bridgehead atoms. The van der Waals surface area contributed by atoms with Crippen molar-refractivity contribution in [2.75, 3.05) is 0 Å². The summed E-state index contributed by atoms with van der Waals surface area (Å²) in [6, 6.07) is 0. The summed E-state index contributed by atoms with van der Waals surface area (Å²) in [6.45, 7) is 4.41. The molecular formula is C6H12N2O2. The number of nitrogens with two attached hydrogens (primary N) is 1. The van der Waals surface area contributed by atoms with Crippen LogP contribution in [0.5, 0.6) is 0 Å². The van der Waals surface area contributed by atoms with Crippen LogP contribution in [0.25, 0.3) is 0 Å². The van der Waals surface area contributed by atoms with Crippen molar-refractivity contribution in [2.45, 2.75) is 26.4 Å². The summed E-state index contributed by atoms with van der Waals surface area (Å²) in [5, 5.41) is 2.31. The number of nitrogens with one attached hydrogen (secondary N) is 1. The van der Waals surface area contributed by atoms with Crippen LogP contribution in [-0.4, -0.2) is 17.4 Å². The predicted octanol–water partition coefficient (Wildman–Crippen LogP) is -0.614. The molecule has 0 saturated carbocycles. The van der Waals surface area contributed by atoms with Crippen LogP contribution in [0.2, 0.25) is 0 Å². The van der Waals surface area contributed by atoms with Crippen molar-refractivity contribution in [2.24, 2.45) is 5.73 Å². The van der Waals surface area contributed by atoms with Crippen LogP contribution >= 0.6 is 0 Å². The SMILES string of the molecule is CC(=O)C(=O)NC(C)(C)N. The molecule has 1 amide bonds. The smallest absolute Gasteiger partial charge is 0.288 e. The Morgan fingerprint density at radius 3 is 1.90 bits per heavy atom. The first-order valence-electron chi connectivity index (χ1n) is 2.95. The molecule has 10 heavy (non-hydrogen) atoms. The van der Waals surface area contributed by atoms with E-state index in [2.05, 4.69) is 5.32 Å². The molecule has 0 aliphatic carbocycles. The lowest BCUT2D eigenvalue weighted by atomic mass is 10.2. The molecule has 0 aromatic rings. The first kappa shape index (κ1) is 9.10. The zero-order chi connectivity index (χ0) is 8.36. The lowest BCUT2D eigenvalue weighted by Gasteiger charge is -2.18. The van der Waals surface area contributed by atoms with E-state index in [1.165, 1.54) is 6.92 Å². The van der Waals surface area contributed by atoms with E-state index < -0.39 is 17.4 Å². The fraction of sp³-hybridized carbons (Fsp3) is 0.667. The van der Waals surface area contributed by atoms with Crippen molar-refractivity contribution < 1.29 is 9.59 Å². The van der Waals surface area contributed by atoms with Gasteiger partial charge in [0, 0.05) is 6.92 Å². The van der Waals surface area contributed by atoms with Gasteiger partial charge in [-0.15, -0.1) is 0 Å². The maximum atomic E-state index is 10.6. The van der Waals surface area contributed by atoms with Gasteiger partial charge in [-0.2, -0.15) is 0 Å². The Balaban J connectivity index is 3.93. The molecule has 0 rings (SSSR count). The molecule has 0 saturated heterocycles. The lowest BCUT2D eigenvalue weighted by molar-refractivity contribution is -0.137.